The van der Waals surface area contributed by atoms with Gasteiger partial charge >= 0.3 is 0 Å². The Labute approximate surface area is 188 Å². The highest BCUT2D eigenvalue weighted by Crippen LogP contribution is 2.31. The molecule has 1 unspecified atom stereocenters. The van der Waals surface area contributed by atoms with Gasteiger partial charge in [-0.1, -0.05) is 12.1 Å². The summed E-state index contributed by atoms with van der Waals surface area (Å²) in [6.45, 7) is 4.48. The van der Waals surface area contributed by atoms with Gasteiger partial charge in [-0.3, -0.25) is 9.78 Å². The summed E-state index contributed by atoms with van der Waals surface area (Å²) in [6.07, 6.45) is 5.41. The van der Waals surface area contributed by atoms with Crippen LogP contribution in [0.5, 0.6) is 5.88 Å². The van der Waals surface area contributed by atoms with Gasteiger partial charge in [-0.2, -0.15) is 0 Å². The highest BCUT2D eigenvalue weighted by molar-refractivity contribution is 5.99. The fraction of sp³-hybridized carbons (Fsp3) is 0.320. The first-order valence-corrected chi connectivity index (χ1v) is 11.1. The van der Waals surface area contributed by atoms with Crippen LogP contribution in [-0.2, 0) is 4.79 Å². The second-order valence-electron chi connectivity index (χ2n) is 8.29. The zero-order chi connectivity index (χ0) is 21.9. The minimum absolute atomic E-state index is 0.0170. The molecule has 2 saturated heterocycles. The summed E-state index contributed by atoms with van der Waals surface area (Å²) < 4.78 is 6.18. The summed E-state index contributed by atoms with van der Waals surface area (Å²) in [7, 11) is 2.13. The Balaban J connectivity index is 1.29. The highest BCUT2D eigenvalue weighted by Gasteiger charge is 2.35. The molecule has 2 fully saturated rings. The lowest BCUT2D eigenvalue weighted by Crippen LogP contribution is -2.44. The summed E-state index contributed by atoms with van der Waals surface area (Å²) in [5, 5.41) is 0. The summed E-state index contributed by atoms with van der Waals surface area (Å²) in [6, 6.07) is 16.0. The number of rotatable bonds is 5. The molecule has 3 aromatic rings. The summed E-state index contributed by atoms with van der Waals surface area (Å²) in [5.74, 6) is 0.530. The first-order chi connectivity index (χ1) is 15.7. The van der Waals surface area contributed by atoms with Gasteiger partial charge < -0.3 is 19.4 Å². The van der Waals surface area contributed by atoms with Crippen LogP contribution in [0, 0.1) is 0 Å². The zero-order valence-electron chi connectivity index (χ0n) is 18.2. The molecule has 0 saturated carbocycles. The van der Waals surface area contributed by atoms with E-state index in [9.17, 15) is 4.79 Å². The Kier molecular flexibility index (Phi) is 5.73. The first-order valence-electron chi connectivity index (χ1n) is 11.1. The molecule has 32 heavy (non-hydrogen) atoms. The fourth-order valence-electron chi connectivity index (χ4n) is 4.29. The second kappa shape index (κ2) is 8.96. The molecular weight excluding hydrogens is 402 g/mol. The number of amides is 1. The largest absolute Gasteiger partial charge is 0.463 e. The molecular formula is C25H27N5O2. The summed E-state index contributed by atoms with van der Waals surface area (Å²) >= 11 is 0. The van der Waals surface area contributed by atoms with Gasteiger partial charge in [0.15, 0.2) is 6.10 Å². The number of nitrogens with zero attached hydrogens (tertiary/aromatic N) is 5. The molecule has 1 aromatic carbocycles. The number of aromatic nitrogens is 2. The SMILES string of the molecule is CN1CCN(c2cccnc2OC2CCN(c3ccc(-c4ccncc4)cc3)C2=O)CC1. The molecule has 0 aliphatic carbocycles. The van der Waals surface area contributed by atoms with E-state index in [-0.39, 0.29) is 5.91 Å². The maximum Gasteiger partial charge on any atom is 0.268 e. The lowest BCUT2D eigenvalue weighted by Gasteiger charge is -2.34. The first kappa shape index (κ1) is 20.5. The molecule has 1 atom stereocenters. The van der Waals surface area contributed by atoms with E-state index in [1.54, 1.807) is 23.5 Å². The van der Waals surface area contributed by atoms with Crippen LogP contribution in [0.3, 0.4) is 0 Å². The number of anilines is 2. The van der Waals surface area contributed by atoms with Crippen LogP contribution in [0.1, 0.15) is 6.42 Å². The third-order valence-corrected chi connectivity index (χ3v) is 6.20. The Morgan fingerprint density at radius 1 is 0.875 bits per heavy atom. The van der Waals surface area contributed by atoms with Gasteiger partial charge in [0.2, 0.25) is 5.88 Å². The molecule has 7 nitrogen and oxygen atoms in total. The number of likely N-dealkylation sites (N-methyl/N-ethyl adjacent to an activating group) is 1. The van der Waals surface area contributed by atoms with E-state index < -0.39 is 6.10 Å². The van der Waals surface area contributed by atoms with Crippen molar-refractivity contribution in [1.29, 1.82) is 0 Å². The van der Waals surface area contributed by atoms with Crippen molar-refractivity contribution < 1.29 is 9.53 Å². The topological polar surface area (TPSA) is 61.8 Å². The third kappa shape index (κ3) is 4.16. The van der Waals surface area contributed by atoms with E-state index in [4.69, 9.17) is 4.74 Å². The van der Waals surface area contributed by atoms with Crippen LogP contribution in [0.25, 0.3) is 11.1 Å². The van der Waals surface area contributed by atoms with Crippen molar-refractivity contribution in [2.45, 2.75) is 12.5 Å². The zero-order valence-corrected chi connectivity index (χ0v) is 18.2. The normalized spacial score (nSPS) is 19.4. The predicted molar refractivity (Wildman–Crippen MR) is 125 cm³/mol. The van der Waals surface area contributed by atoms with Gasteiger partial charge in [0.05, 0.1) is 5.69 Å². The number of hydrogen-bond acceptors (Lipinski definition) is 6. The van der Waals surface area contributed by atoms with Gasteiger partial charge in [-0.05, 0) is 54.6 Å². The van der Waals surface area contributed by atoms with Crippen LogP contribution < -0.4 is 14.5 Å². The van der Waals surface area contributed by atoms with Crippen molar-refractivity contribution >= 4 is 17.3 Å². The van der Waals surface area contributed by atoms with Crippen molar-refractivity contribution in [3.8, 4) is 17.0 Å². The van der Waals surface area contributed by atoms with Gasteiger partial charge in [0.1, 0.15) is 0 Å². The Bertz CT molecular complexity index is 1070. The minimum atomic E-state index is -0.518. The monoisotopic (exact) mass is 429 g/mol. The van der Waals surface area contributed by atoms with Crippen molar-refractivity contribution in [1.82, 2.24) is 14.9 Å². The average molecular weight is 430 g/mol. The van der Waals surface area contributed by atoms with Gasteiger partial charge in [0.25, 0.3) is 5.91 Å². The number of hydrogen-bond donors (Lipinski definition) is 0. The van der Waals surface area contributed by atoms with E-state index in [0.717, 1.165) is 48.7 Å². The van der Waals surface area contributed by atoms with E-state index in [1.165, 1.54) is 0 Å². The maximum absolute atomic E-state index is 13.1. The summed E-state index contributed by atoms with van der Waals surface area (Å²) in [4.78, 5) is 28.1. The van der Waals surface area contributed by atoms with Crippen molar-refractivity contribution in [3.63, 3.8) is 0 Å². The van der Waals surface area contributed by atoms with Crippen molar-refractivity contribution in [2.24, 2.45) is 0 Å². The summed E-state index contributed by atoms with van der Waals surface area (Å²) in [5.41, 5.74) is 4.06. The fourth-order valence-corrected chi connectivity index (χ4v) is 4.29. The molecule has 2 aromatic heterocycles. The number of carbonyl (C=O) groups excluding carboxylic acids is 1. The molecule has 7 heteroatoms. The van der Waals surface area contributed by atoms with E-state index in [2.05, 4.69) is 26.8 Å². The molecule has 0 N–H and O–H groups in total. The van der Waals surface area contributed by atoms with Gasteiger partial charge in [0, 0.05) is 63.4 Å². The number of piperazine rings is 1. The average Bonchev–Trinajstić information content (AvgIpc) is 3.20. The molecule has 4 heterocycles. The Morgan fingerprint density at radius 3 is 2.34 bits per heavy atom. The number of pyridine rings is 2. The highest BCUT2D eigenvalue weighted by atomic mass is 16.5. The molecule has 0 bridgehead atoms. The molecule has 0 radical (unpaired) electrons. The molecule has 5 rings (SSSR count). The van der Waals surface area contributed by atoms with Gasteiger partial charge in [-0.25, -0.2) is 4.98 Å². The van der Waals surface area contributed by atoms with Gasteiger partial charge in [-0.15, -0.1) is 0 Å². The molecule has 2 aliphatic rings. The van der Waals surface area contributed by atoms with Crippen LogP contribution in [0.2, 0.25) is 0 Å². The van der Waals surface area contributed by atoms with Crippen molar-refractivity contribution in [3.05, 3.63) is 67.1 Å². The van der Waals surface area contributed by atoms with E-state index in [1.807, 2.05) is 48.5 Å². The Hall–Kier alpha value is -3.45. The number of benzene rings is 1. The van der Waals surface area contributed by atoms with Crippen LogP contribution in [0.4, 0.5) is 11.4 Å². The standard InChI is InChI=1S/C25H27N5O2/c1-28-15-17-29(18-16-28)22-3-2-11-27-24(22)32-23-10-14-30(25(23)31)21-6-4-19(5-7-21)20-8-12-26-13-9-20/h2-9,11-13,23H,10,14-18H2,1H3. The minimum Gasteiger partial charge on any atom is -0.463 e. The Morgan fingerprint density at radius 2 is 1.59 bits per heavy atom. The lowest BCUT2D eigenvalue weighted by atomic mass is 10.1. The molecule has 1 amide bonds. The van der Waals surface area contributed by atoms with Crippen LogP contribution in [0.15, 0.2) is 67.1 Å². The van der Waals surface area contributed by atoms with Crippen LogP contribution >= 0.6 is 0 Å². The second-order valence-corrected chi connectivity index (χ2v) is 8.29. The maximum atomic E-state index is 13.1. The quantitative estimate of drug-likeness (QED) is 0.621. The van der Waals surface area contributed by atoms with E-state index in [0.29, 0.717) is 18.8 Å². The lowest BCUT2D eigenvalue weighted by molar-refractivity contribution is -0.123. The molecule has 2 aliphatic heterocycles. The van der Waals surface area contributed by atoms with Crippen LogP contribution in [-0.4, -0.2) is 66.7 Å². The van der Waals surface area contributed by atoms with E-state index >= 15 is 0 Å². The number of carbonyl (C=O) groups is 1. The third-order valence-electron chi connectivity index (χ3n) is 6.20. The number of ether oxygens (including phenoxy) is 1. The molecule has 0 spiro atoms. The predicted octanol–water partition coefficient (Wildman–Crippen LogP) is 3.08. The molecule has 164 valence electrons. The van der Waals surface area contributed by atoms with Crippen molar-refractivity contribution in [2.75, 3.05) is 49.6 Å². The smallest absolute Gasteiger partial charge is 0.268 e.